The predicted molar refractivity (Wildman–Crippen MR) is 96.7 cm³/mol. The molecule has 0 radical (unpaired) electrons. The van der Waals surface area contributed by atoms with Crippen molar-refractivity contribution in [1.29, 1.82) is 0 Å². The van der Waals surface area contributed by atoms with Crippen LogP contribution in [0.3, 0.4) is 0 Å². The molecule has 3 rings (SSSR count). The Morgan fingerprint density at radius 1 is 1.29 bits per heavy atom. The average molecular weight is 348 g/mol. The van der Waals surface area contributed by atoms with Crippen LogP contribution >= 0.6 is 11.3 Å². The van der Waals surface area contributed by atoms with E-state index in [-0.39, 0.29) is 11.9 Å². The van der Waals surface area contributed by atoms with Gasteiger partial charge in [-0.2, -0.15) is 5.10 Å². The molecule has 0 saturated carbocycles. The highest BCUT2D eigenvalue weighted by atomic mass is 32.1. The molecule has 1 amide bonds. The molecule has 8 heteroatoms. The van der Waals surface area contributed by atoms with Gasteiger partial charge in [0.15, 0.2) is 5.13 Å². The zero-order valence-electron chi connectivity index (χ0n) is 14.6. The van der Waals surface area contributed by atoms with Gasteiger partial charge < -0.3 is 10.2 Å². The molecule has 0 bridgehead atoms. The summed E-state index contributed by atoms with van der Waals surface area (Å²) >= 11 is 1.66. The standard InChI is InChI=1S/C16H24N6OS/c1-11-14(12(2)20(4)19-11)18-15(23)13(3)21-6-8-22(9-7-21)16-17-5-10-24-16/h5,10,13H,6-9H2,1-4H3,(H,18,23)/t13-/m1/s1. The van der Waals surface area contributed by atoms with Crippen molar-refractivity contribution in [2.24, 2.45) is 7.05 Å². The van der Waals surface area contributed by atoms with Crippen LogP contribution in [0, 0.1) is 13.8 Å². The first-order chi connectivity index (χ1) is 11.5. The lowest BCUT2D eigenvalue weighted by Gasteiger charge is -2.37. The summed E-state index contributed by atoms with van der Waals surface area (Å²) in [6.45, 7) is 9.37. The number of hydrogen-bond acceptors (Lipinski definition) is 6. The molecule has 130 valence electrons. The number of hydrogen-bond donors (Lipinski definition) is 1. The number of rotatable bonds is 4. The third-order valence-electron chi connectivity index (χ3n) is 4.69. The first-order valence-electron chi connectivity index (χ1n) is 8.17. The van der Waals surface area contributed by atoms with Crippen molar-refractivity contribution in [2.75, 3.05) is 36.4 Å². The van der Waals surface area contributed by atoms with Gasteiger partial charge in [-0.05, 0) is 20.8 Å². The Hall–Kier alpha value is -1.93. The van der Waals surface area contributed by atoms with Gasteiger partial charge in [-0.25, -0.2) is 4.98 Å². The van der Waals surface area contributed by atoms with Crippen LogP contribution in [0.2, 0.25) is 0 Å². The number of amides is 1. The second kappa shape index (κ2) is 6.90. The second-order valence-corrected chi connectivity index (χ2v) is 7.05. The second-order valence-electron chi connectivity index (χ2n) is 6.17. The third kappa shape index (κ3) is 3.29. The van der Waals surface area contributed by atoms with Crippen LogP contribution in [-0.4, -0.2) is 57.8 Å². The van der Waals surface area contributed by atoms with E-state index in [1.54, 1.807) is 16.0 Å². The predicted octanol–water partition coefficient (Wildman–Crippen LogP) is 1.64. The van der Waals surface area contributed by atoms with Gasteiger partial charge >= 0.3 is 0 Å². The van der Waals surface area contributed by atoms with Crippen LogP contribution in [0.15, 0.2) is 11.6 Å². The summed E-state index contributed by atoms with van der Waals surface area (Å²) < 4.78 is 1.79. The summed E-state index contributed by atoms with van der Waals surface area (Å²) in [6, 6.07) is -0.164. The Balaban J connectivity index is 1.58. The van der Waals surface area contributed by atoms with Gasteiger partial charge in [0.25, 0.3) is 0 Å². The van der Waals surface area contributed by atoms with E-state index in [2.05, 4.69) is 25.2 Å². The van der Waals surface area contributed by atoms with Crippen LogP contribution in [0.1, 0.15) is 18.3 Å². The van der Waals surface area contributed by atoms with E-state index in [4.69, 9.17) is 0 Å². The van der Waals surface area contributed by atoms with Crippen molar-refractivity contribution < 1.29 is 4.79 Å². The fourth-order valence-corrected chi connectivity index (χ4v) is 3.72. The molecule has 1 saturated heterocycles. The minimum atomic E-state index is -0.164. The highest BCUT2D eigenvalue weighted by molar-refractivity contribution is 7.13. The summed E-state index contributed by atoms with van der Waals surface area (Å²) in [7, 11) is 1.89. The Kier molecular flexibility index (Phi) is 4.86. The van der Waals surface area contributed by atoms with E-state index in [1.807, 2.05) is 39.4 Å². The molecule has 1 N–H and O–H groups in total. The molecule has 0 aromatic carbocycles. The van der Waals surface area contributed by atoms with Gasteiger partial charge in [-0.15, -0.1) is 11.3 Å². The summed E-state index contributed by atoms with van der Waals surface area (Å²) in [5.74, 6) is 0.0249. The molecule has 0 spiro atoms. The fraction of sp³-hybridized carbons (Fsp3) is 0.562. The number of aromatic nitrogens is 3. The molecule has 1 fully saturated rings. The highest BCUT2D eigenvalue weighted by Crippen LogP contribution is 2.21. The number of aryl methyl sites for hydroxylation is 2. The first-order valence-corrected chi connectivity index (χ1v) is 9.05. The van der Waals surface area contributed by atoms with Crippen molar-refractivity contribution in [3.63, 3.8) is 0 Å². The Morgan fingerprint density at radius 2 is 2.00 bits per heavy atom. The molecule has 3 heterocycles. The molecule has 1 aliphatic heterocycles. The van der Waals surface area contributed by atoms with Crippen LogP contribution < -0.4 is 10.2 Å². The zero-order chi connectivity index (χ0) is 17.3. The summed E-state index contributed by atoms with van der Waals surface area (Å²) in [4.78, 5) is 21.5. The summed E-state index contributed by atoms with van der Waals surface area (Å²) in [5.41, 5.74) is 2.65. The number of anilines is 2. The SMILES string of the molecule is Cc1nn(C)c(C)c1NC(=O)[C@@H](C)N1CCN(c2nccs2)CC1. The lowest BCUT2D eigenvalue weighted by Crippen LogP contribution is -2.52. The van der Waals surface area contributed by atoms with Crippen molar-refractivity contribution in [1.82, 2.24) is 19.7 Å². The van der Waals surface area contributed by atoms with E-state index < -0.39 is 0 Å². The van der Waals surface area contributed by atoms with E-state index in [0.29, 0.717) is 0 Å². The molecular formula is C16H24N6OS. The molecular weight excluding hydrogens is 324 g/mol. The van der Waals surface area contributed by atoms with Crippen molar-refractivity contribution in [2.45, 2.75) is 26.8 Å². The van der Waals surface area contributed by atoms with Crippen molar-refractivity contribution >= 4 is 28.1 Å². The number of nitrogens with one attached hydrogen (secondary N) is 1. The maximum Gasteiger partial charge on any atom is 0.241 e. The van der Waals surface area contributed by atoms with Crippen LogP contribution in [0.25, 0.3) is 0 Å². The van der Waals surface area contributed by atoms with Crippen LogP contribution in [-0.2, 0) is 11.8 Å². The molecule has 2 aromatic heterocycles. The summed E-state index contributed by atoms with van der Waals surface area (Å²) in [6.07, 6.45) is 1.83. The molecule has 0 aliphatic carbocycles. The molecule has 1 atom stereocenters. The fourth-order valence-electron chi connectivity index (χ4n) is 3.02. The molecule has 0 unspecified atom stereocenters. The Morgan fingerprint density at radius 3 is 2.54 bits per heavy atom. The van der Waals surface area contributed by atoms with E-state index >= 15 is 0 Å². The average Bonchev–Trinajstić information content (AvgIpc) is 3.19. The molecule has 1 aliphatic rings. The van der Waals surface area contributed by atoms with Gasteiger partial charge in [0.1, 0.15) is 0 Å². The zero-order valence-corrected chi connectivity index (χ0v) is 15.4. The lowest BCUT2D eigenvalue weighted by molar-refractivity contribution is -0.120. The molecule has 24 heavy (non-hydrogen) atoms. The topological polar surface area (TPSA) is 66.3 Å². The van der Waals surface area contributed by atoms with Crippen LogP contribution in [0.4, 0.5) is 10.8 Å². The maximum atomic E-state index is 12.6. The largest absolute Gasteiger partial charge is 0.346 e. The van der Waals surface area contributed by atoms with E-state index in [0.717, 1.165) is 48.4 Å². The van der Waals surface area contributed by atoms with Gasteiger partial charge in [0.2, 0.25) is 5.91 Å². The maximum absolute atomic E-state index is 12.6. The minimum Gasteiger partial charge on any atom is -0.346 e. The smallest absolute Gasteiger partial charge is 0.241 e. The Labute approximate surface area is 146 Å². The quantitative estimate of drug-likeness (QED) is 0.910. The normalized spacial score (nSPS) is 17.1. The first kappa shape index (κ1) is 16.9. The minimum absolute atomic E-state index is 0.0249. The molecule has 7 nitrogen and oxygen atoms in total. The number of thiazole rings is 1. The number of carbonyl (C=O) groups excluding carboxylic acids is 1. The highest BCUT2D eigenvalue weighted by Gasteiger charge is 2.27. The number of carbonyl (C=O) groups is 1. The third-order valence-corrected chi connectivity index (χ3v) is 5.52. The monoisotopic (exact) mass is 348 g/mol. The van der Waals surface area contributed by atoms with Gasteiger partial charge in [0.05, 0.1) is 23.1 Å². The van der Waals surface area contributed by atoms with Crippen molar-refractivity contribution in [3.8, 4) is 0 Å². The van der Waals surface area contributed by atoms with E-state index in [1.165, 1.54) is 0 Å². The number of nitrogens with zero attached hydrogens (tertiary/aromatic N) is 5. The van der Waals surface area contributed by atoms with Gasteiger partial charge in [-0.1, -0.05) is 0 Å². The van der Waals surface area contributed by atoms with E-state index in [9.17, 15) is 4.79 Å². The Bertz CT molecular complexity index is 702. The lowest BCUT2D eigenvalue weighted by atomic mass is 10.2. The van der Waals surface area contributed by atoms with Crippen molar-refractivity contribution in [3.05, 3.63) is 23.0 Å². The molecule has 2 aromatic rings. The van der Waals surface area contributed by atoms with Crippen LogP contribution in [0.5, 0.6) is 0 Å². The summed E-state index contributed by atoms with van der Waals surface area (Å²) in [5, 5.41) is 10.5. The van der Waals surface area contributed by atoms with Gasteiger partial charge in [0, 0.05) is 44.8 Å². The van der Waals surface area contributed by atoms with Gasteiger partial charge in [-0.3, -0.25) is 14.4 Å². The number of piperazine rings is 1.